The fraction of sp³-hybridized carbons (Fsp3) is 0. The summed E-state index contributed by atoms with van der Waals surface area (Å²) in [4.78, 5) is 0. The number of furan rings is 1. The van der Waals surface area contributed by atoms with Crippen LogP contribution in [0.2, 0.25) is 0 Å². The van der Waals surface area contributed by atoms with E-state index in [1.807, 2.05) is 60.7 Å². The van der Waals surface area contributed by atoms with Crippen molar-refractivity contribution in [1.29, 1.82) is 10.5 Å². The first-order chi connectivity index (χ1) is 17.7. The molecule has 0 radical (unpaired) electrons. The summed E-state index contributed by atoms with van der Waals surface area (Å²) in [5.74, 6) is 0. The van der Waals surface area contributed by atoms with Crippen LogP contribution in [0, 0.1) is 22.7 Å². The Hall–Kier alpha value is -5.32. The molecule has 166 valence electrons. The second-order valence-electron chi connectivity index (χ2n) is 8.88. The SMILES string of the molecule is N#Cc1ccc2c(c1)c1cc(C#N)ccc1n2-c1cccc(-c2ccc3oc4ccccc4c3c2)c1. The van der Waals surface area contributed by atoms with Gasteiger partial charge in [0.15, 0.2) is 0 Å². The average Bonchev–Trinajstić information content (AvgIpc) is 3.47. The molecule has 0 spiro atoms. The highest BCUT2D eigenvalue weighted by atomic mass is 16.3. The van der Waals surface area contributed by atoms with Crippen molar-refractivity contribution in [1.82, 2.24) is 4.57 Å². The summed E-state index contributed by atoms with van der Waals surface area (Å²) in [7, 11) is 0. The minimum absolute atomic E-state index is 0.596. The summed E-state index contributed by atoms with van der Waals surface area (Å²) in [6.07, 6.45) is 0. The maximum Gasteiger partial charge on any atom is 0.135 e. The lowest BCUT2D eigenvalue weighted by molar-refractivity contribution is 0.669. The topological polar surface area (TPSA) is 65.7 Å². The second kappa shape index (κ2) is 7.60. The van der Waals surface area contributed by atoms with Gasteiger partial charge in [0.25, 0.3) is 0 Å². The van der Waals surface area contributed by atoms with Gasteiger partial charge in [0.1, 0.15) is 11.2 Å². The second-order valence-corrected chi connectivity index (χ2v) is 8.88. The van der Waals surface area contributed by atoms with E-state index in [9.17, 15) is 10.5 Å². The van der Waals surface area contributed by atoms with Gasteiger partial charge in [-0.25, -0.2) is 0 Å². The van der Waals surface area contributed by atoms with Gasteiger partial charge >= 0.3 is 0 Å². The smallest absolute Gasteiger partial charge is 0.135 e. The number of nitriles is 2. The maximum absolute atomic E-state index is 9.47. The van der Waals surface area contributed by atoms with Crippen LogP contribution in [0.4, 0.5) is 0 Å². The normalized spacial score (nSPS) is 11.3. The molecule has 2 aromatic heterocycles. The molecule has 0 fully saturated rings. The van der Waals surface area contributed by atoms with Crippen molar-refractivity contribution in [2.24, 2.45) is 0 Å². The fourth-order valence-electron chi connectivity index (χ4n) is 5.17. The lowest BCUT2D eigenvalue weighted by Gasteiger charge is -2.10. The number of benzene rings is 5. The van der Waals surface area contributed by atoms with Crippen LogP contribution in [0.1, 0.15) is 11.1 Å². The monoisotopic (exact) mass is 459 g/mol. The standard InChI is InChI=1S/C32H17N3O/c33-18-20-8-11-29-26(14-20)27-15-21(19-34)9-12-30(27)35(29)24-5-3-4-22(16-24)23-10-13-32-28(17-23)25-6-1-2-7-31(25)36-32/h1-17H. The molecule has 0 N–H and O–H groups in total. The molecule has 7 aromatic rings. The summed E-state index contributed by atoms with van der Waals surface area (Å²) < 4.78 is 8.21. The molecule has 0 aliphatic carbocycles. The molecule has 7 rings (SSSR count). The molecule has 4 heteroatoms. The Morgan fingerprint density at radius 1 is 0.528 bits per heavy atom. The first kappa shape index (κ1) is 20.1. The van der Waals surface area contributed by atoms with Gasteiger partial charge in [-0.1, -0.05) is 36.4 Å². The van der Waals surface area contributed by atoms with E-state index >= 15 is 0 Å². The molecule has 5 aromatic carbocycles. The van der Waals surface area contributed by atoms with E-state index in [0.717, 1.165) is 60.6 Å². The van der Waals surface area contributed by atoms with Crippen LogP contribution < -0.4 is 0 Å². The number of hydrogen-bond donors (Lipinski definition) is 0. The summed E-state index contributed by atoms with van der Waals surface area (Å²) >= 11 is 0. The molecule has 0 amide bonds. The van der Waals surface area contributed by atoms with Crippen LogP contribution >= 0.6 is 0 Å². The zero-order chi connectivity index (χ0) is 24.2. The average molecular weight is 460 g/mol. The molecule has 0 saturated carbocycles. The summed E-state index contributed by atoms with van der Waals surface area (Å²) in [6, 6.07) is 38.8. The number of para-hydroxylation sites is 1. The van der Waals surface area contributed by atoms with Crippen molar-refractivity contribution in [3.05, 3.63) is 114 Å². The summed E-state index contributed by atoms with van der Waals surface area (Å²) in [6.45, 7) is 0. The highest BCUT2D eigenvalue weighted by molar-refractivity contribution is 6.10. The highest BCUT2D eigenvalue weighted by Gasteiger charge is 2.15. The maximum atomic E-state index is 9.47. The third-order valence-electron chi connectivity index (χ3n) is 6.84. The number of nitrogens with zero attached hydrogens (tertiary/aromatic N) is 3. The molecule has 0 bridgehead atoms. The van der Waals surface area contributed by atoms with Crippen molar-refractivity contribution in [3.8, 4) is 29.0 Å². The zero-order valence-corrected chi connectivity index (χ0v) is 19.1. The van der Waals surface area contributed by atoms with Crippen molar-refractivity contribution in [2.45, 2.75) is 0 Å². The number of aromatic nitrogens is 1. The predicted molar refractivity (Wildman–Crippen MR) is 143 cm³/mol. The molecule has 0 aliphatic heterocycles. The van der Waals surface area contributed by atoms with Crippen LogP contribution in [0.3, 0.4) is 0 Å². The van der Waals surface area contributed by atoms with Gasteiger partial charge in [-0.2, -0.15) is 10.5 Å². The minimum atomic E-state index is 0.596. The van der Waals surface area contributed by atoms with E-state index in [4.69, 9.17) is 4.42 Å². The lowest BCUT2D eigenvalue weighted by atomic mass is 10.0. The van der Waals surface area contributed by atoms with Gasteiger partial charge in [-0.3, -0.25) is 0 Å². The number of hydrogen-bond acceptors (Lipinski definition) is 3. The van der Waals surface area contributed by atoms with E-state index < -0.39 is 0 Å². The van der Waals surface area contributed by atoms with Gasteiger partial charge in [0.2, 0.25) is 0 Å². The third kappa shape index (κ3) is 2.92. The molecule has 0 unspecified atom stereocenters. The first-order valence-corrected chi connectivity index (χ1v) is 11.6. The molecule has 0 saturated heterocycles. The van der Waals surface area contributed by atoms with Crippen molar-refractivity contribution < 1.29 is 4.42 Å². The van der Waals surface area contributed by atoms with E-state index in [-0.39, 0.29) is 0 Å². The Morgan fingerprint density at radius 2 is 1.19 bits per heavy atom. The third-order valence-corrected chi connectivity index (χ3v) is 6.84. The van der Waals surface area contributed by atoms with Gasteiger partial charge in [-0.05, 0) is 77.9 Å². The van der Waals surface area contributed by atoms with Crippen molar-refractivity contribution in [2.75, 3.05) is 0 Å². The highest BCUT2D eigenvalue weighted by Crippen LogP contribution is 2.36. The zero-order valence-electron chi connectivity index (χ0n) is 19.1. The van der Waals surface area contributed by atoms with Gasteiger partial charge in [-0.15, -0.1) is 0 Å². The quantitative estimate of drug-likeness (QED) is 0.262. The Kier molecular flexibility index (Phi) is 4.24. The Balaban J connectivity index is 1.46. The van der Waals surface area contributed by atoms with Crippen LogP contribution in [-0.2, 0) is 0 Å². The van der Waals surface area contributed by atoms with Crippen molar-refractivity contribution >= 4 is 43.7 Å². The molecule has 2 heterocycles. The fourth-order valence-corrected chi connectivity index (χ4v) is 5.17. The molecule has 0 atom stereocenters. The largest absolute Gasteiger partial charge is 0.456 e. The van der Waals surface area contributed by atoms with Crippen LogP contribution in [-0.4, -0.2) is 4.57 Å². The number of fused-ring (bicyclic) bond motifs is 6. The van der Waals surface area contributed by atoms with Crippen LogP contribution in [0.25, 0.3) is 60.6 Å². The van der Waals surface area contributed by atoms with Crippen LogP contribution in [0.5, 0.6) is 0 Å². The molecular formula is C32H17N3O. The lowest BCUT2D eigenvalue weighted by Crippen LogP contribution is -1.94. The Labute approximate surface area is 206 Å². The molecule has 4 nitrogen and oxygen atoms in total. The summed E-state index contributed by atoms with van der Waals surface area (Å²) in [5.41, 5.74) is 8.15. The Bertz CT molecular complexity index is 2010. The van der Waals surface area contributed by atoms with E-state index in [2.05, 4.69) is 59.2 Å². The van der Waals surface area contributed by atoms with Crippen LogP contribution in [0.15, 0.2) is 108 Å². The first-order valence-electron chi connectivity index (χ1n) is 11.6. The van der Waals surface area contributed by atoms with E-state index in [1.54, 1.807) is 0 Å². The van der Waals surface area contributed by atoms with Gasteiger partial charge in [0.05, 0.1) is 34.3 Å². The van der Waals surface area contributed by atoms with Gasteiger partial charge in [0, 0.05) is 27.2 Å². The van der Waals surface area contributed by atoms with E-state index in [1.165, 1.54) is 0 Å². The summed E-state index contributed by atoms with van der Waals surface area (Å²) in [5, 5.41) is 23.0. The Morgan fingerprint density at radius 3 is 1.92 bits per heavy atom. The minimum Gasteiger partial charge on any atom is -0.456 e. The number of rotatable bonds is 2. The van der Waals surface area contributed by atoms with Crippen molar-refractivity contribution in [3.63, 3.8) is 0 Å². The molecule has 36 heavy (non-hydrogen) atoms. The van der Waals surface area contributed by atoms with E-state index in [0.29, 0.717) is 11.1 Å². The van der Waals surface area contributed by atoms with Gasteiger partial charge < -0.3 is 8.98 Å². The molecule has 0 aliphatic rings. The predicted octanol–water partition coefficient (Wildman–Crippen LogP) is 8.09. The molecular weight excluding hydrogens is 442 g/mol.